The van der Waals surface area contributed by atoms with Gasteiger partial charge in [0.05, 0.1) is 5.56 Å². The molecule has 2 aliphatic rings. The first kappa shape index (κ1) is 22.9. The smallest absolute Gasteiger partial charge is 0.335 e. The number of carbonyl (C=O) groups is 1. The van der Waals surface area contributed by atoms with Crippen molar-refractivity contribution in [1.29, 1.82) is 0 Å². The number of carboxylic acid groups (broad SMARTS) is 1. The van der Waals surface area contributed by atoms with E-state index >= 15 is 0 Å². The standard InChI is InChI=1S/C26H34FN3O2/c1-19-13-29(16-22-7-9-24(10-8-22)26(31)32)14-20(2)30(19)17-23-5-3-21(4-6-23)15-28-12-11-25(27)18-28/h3-10,19-20,25H,11-18H2,1-2H3,(H,31,32)/t19-,20+,25-/m1/s1. The summed E-state index contributed by atoms with van der Waals surface area (Å²) in [5.41, 5.74) is 4.05. The summed E-state index contributed by atoms with van der Waals surface area (Å²) >= 11 is 0. The molecule has 0 aliphatic carbocycles. The minimum absolute atomic E-state index is 0.332. The molecule has 0 aromatic heterocycles. The summed E-state index contributed by atoms with van der Waals surface area (Å²) in [7, 11) is 0. The van der Waals surface area contributed by atoms with Gasteiger partial charge in [-0.3, -0.25) is 14.7 Å². The van der Waals surface area contributed by atoms with Gasteiger partial charge in [0.25, 0.3) is 0 Å². The van der Waals surface area contributed by atoms with Gasteiger partial charge in [0.2, 0.25) is 0 Å². The Bertz CT molecular complexity index is 890. The molecule has 6 heteroatoms. The first-order valence-electron chi connectivity index (χ1n) is 11.6. The Labute approximate surface area is 190 Å². The zero-order valence-corrected chi connectivity index (χ0v) is 19.1. The highest BCUT2D eigenvalue weighted by molar-refractivity contribution is 5.87. The summed E-state index contributed by atoms with van der Waals surface area (Å²) in [4.78, 5) is 18.3. The zero-order valence-electron chi connectivity index (χ0n) is 19.1. The molecule has 0 unspecified atom stereocenters. The van der Waals surface area contributed by atoms with Gasteiger partial charge in [0.1, 0.15) is 6.17 Å². The van der Waals surface area contributed by atoms with Crippen LogP contribution in [-0.2, 0) is 19.6 Å². The zero-order chi connectivity index (χ0) is 22.7. The van der Waals surface area contributed by atoms with Crippen LogP contribution in [0.3, 0.4) is 0 Å². The number of nitrogens with zero attached hydrogens (tertiary/aromatic N) is 3. The number of hydrogen-bond donors (Lipinski definition) is 1. The lowest BCUT2D eigenvalue weighted by molar-refractivity contribution is 0.0290. The fourth-order valence-electron chi connectivity index (χ4n) is 5.07. The monoisotopic (exact) mass is 439 g/mol. The van der Waals surface area contributed by atoms with E-state index < -0.39 is 12.1 Å². The second-order valence-electron chi connectivity index (χ2n) is 9.50. The molecular weight excluding hydrogens is 405 g/mol. The summed E-state index contributed by atoms with van der Waals surface area (Å²) in [5, 5.41) is 9.07. The van der Waals surface area contributed by atoms with Gasteiger partial charge in [-0.05, 0) is 49.1 Å². The van der Waals surface area contributed by atoms with Crippen LogP contribution in [0.1, 0.15) is 47.3 Å². The first-order chi connectivity index (χ1) is 15.4. The summed E-state index contributed by atoms with van der Waals surface area (Å²) in [6.45, 7) is 10.6. The number of aromatic carboxylic acids is 1. The van der Waals surface area contributed by atoms with Gasteiger partial charge in [-0.25, -0.2) is 9.18 Å². The SMILES string of the molecule is C[C@@H]1CN(Cc2ccc(C(=O)O)cc2)C[C@H](C)N1Cc1ccc(CN2CC[C@@H](F)C2)cc1. The van der Waals surface area contributed by atoms with Crippen LogP contribution in [-0.4, -0.2) is 70.2 Å². The fraction of sp³-hybridized carbons (Fsp3) is 0.500. The van der Waals surface area contributed by atoms with Gasteiger partial charge in [0.15, 0.2) is 0 Å². The molecule has 2 fully saturated rings. The lowest BCUT2D eigenvalue weighted by atomic mass is 10.0. The molecular formula is C26H34FN3O2. The Kier molecular flexibility index (Phi) is 7.23. The van der Waals surface area contributed by atoms with Crippen molar-refractivity contribution in [3.8, 4) is 0 Å². The predicted octanol–water partition coefficient (Wildman–Crippen LogP) is 4.02. The van der Waals surface area contributed by atoms with E-state index in [9.17, 15) is 9.18 Å². The van der Waals surface area contributed by atoms with Crippen molar-refractivity contribution in [3.63, 3.8) is 0 Å². The van der Waals surface area contributed by atoms with Crippen molar-refractivity contribution < 1.29 is 14.3 Å². The molecule has 0 bridgehead atoms. The molecule has 172 valence electrons. The molecule has 2 heterocycles. The van der Waals surface area contributed by atoms with Crippen LogP contribution in [0.4, 0.5) is 4.39 Å². The summed E-state index contributed by atoms with van der Waals surface area (Å²) in [5.74, 6) is -0.884. The molecule has 2 aliphatic heterocycles. The van der Waals surface area contributed by atoms with Crippen LogP contribution >= 0.6 is 0 Å². The Morgan fingerprint density at radius 2 is 1.34 bits per heavy atom. The second-order valence-corrected chi connectivity index (χ2v) is 9.50. The highest BCUT2D eigenvalue weighted by Crippen LogP contribution is 2.22. The predicted molar refractivity (Wildman–Crippen MR) is 124 cm³/mol. The van der Waals surface area contributed by atoms with Crippen molar-refractivity contribution in [1.82, 2.24) is 14.7 Å². The van der Waals surface area contributed by atoms with Gasteiger partial charge in [-0.2, -0.15) is 0 Å². The van der Waals surface area contributed by atoms with Crippen molar-refractivity contribution in [3.05, 3.63) is 70.8 Å². The van der Waals surface area contributed by atoms with E-state index in [1.165, 1.54) is 11.1 Å². The number of likely N-dealkylation sites (tertiary alicyclic amines) is 1. The van der Waals surface area contributed by atoms with Crippen molar-refractivity contribution in [2.45, 2.75) is 58.2 Å². The third kappa shape index (κ3) is 5.74. The first-order valence-corrected chi connectivity index (χ1v) is 11.6. The highest BCUT2D eigenvalue weighted by atomic mass is 19.1. The quantitative estimate of drug-likeness (QED) is 0.706. The number of rotatable bonds is 7. The third-order valence-corrected chi connectivity index (χ3v) is 6.79. The van der Waals surface area contributed by atoms with Crippen LogP contribution in [0.15, 0.2) is 48.5 Å². The van der Waals surface area contributed by atoms with Gasteiger partial charge in [-0.15, -0.1) is 0 Å². The van der Waals surface area contributed by atoms with E-state index in [-0.39, 0.29) is 0 Å². The Morgan fingerprint density at radius 3 is 1.84 bits per heavy atom. The normalized spacial score (nSPS) is 25.3. The molecule has 2 aromatic carbocycles. The van der Waals surface area contributed by atoms with E-state index in [2.05, 4.69) is 52.8 Å². The van der Waals surface area contributed by atoms with Gasteiger partial charge in [0, 0.05) is 57.9 Å². The summed E-state index contributed by atoms with van der Waals surface area (Å²) < 4.78 is 13.4. The fourth-order valence-corrected chi connectivity index (χ4v) is 5.07. The molecule has 2 aromatic rings. The molecule has 1 N–H and O–H groups in total. The molecule has 0 spiro atoms. The van der Waals surface area contributed by atoms with E-state index in [1.807, 2.05) is 12.1 Å². The maximum absolute atomic E-state index is 13.4. The maximum Gasteiger partial charge on any atom is 0.335 e. The minimum Gasteiger partial charge on any atom is -0.478 e. The van der Waals surface area contributed by atoms with Gasteiger partial charge < -0.3 is 5.11 Å². The maximum atomic E-state index is 13.4. The minimum atomic E-state index is -0.884. The molecule has 0 saturated carbocycles. The van der Waals surface area contributed by atoms with Crippen molar-refractivity contribution in [2.75, 3.05) is 26.2 Å². The van der Waals surface area contributed by atoms with Crippen LogP contribution < -0.4 is 0 Å². The van der Waals surface area contributed by atoms with Crippen molar-refractivity contribution >= 4 is 5.97 Å². The lowest BCUT2D eigenvalue weighted by Gasteiger charge is -2.44. The van der Waals surface area contributed by atoms with Crippen LogP contribution in [0.25, 0.3) is 0 Å². The van der Waals surface area contributed by atoms with Crippen LogP contribution in [0, 0.1) is 0 Å². The van der Waals surface area contributed by atoms with E-state index in [4.69, 9.17) is 5.11 Å². The van der Waals surface area contributed by atoms with Crippen molar-refractivity contribution in [2.24, 2.45) is 0 Å². The molecule has 2 saturated heterocycles. The number of halogens is 1. The number of hydrogen-bond acceptors (Lipinski definition) is 4. The van der Waals surface area contributed by atoms with Crippen LogP contribution in [0.5, 0.6) is 0 Å². The molecule has 5 nitrogen and oxygen atoms in total. The molecule has 32 heavy (non-hydrogen) atoms. The second kappa shape index (κ2) is 10.1. The Morgan fingerprint density at radius 1 is 0.844 bits per heavy atom. The number of carboxylic acids is 1. The molecule has 0 amide bonds. The number of piperazine rings is 1. The van der Waals surface area contributed by atoms with E-state index in [1.54, 1.807) is 12.1 Å². The largest absolute Gasteiger partial charge is 0.478 e. The molecule has 0 radical (unpaired) electrons. The topological polar surface area (TPSA) is 47.0 Å². The lowest BCUT2D eigenvalue weighted by Crippen LogP contribution is -2.55. The Balaban J connectivity index is 1.30. The van der Waals surface area contributed by atoms with Gasteiger partial charge >= 0.3 is 5.97 Å². The van der Waals surface area contributed by atoms with Crippen LogP contribution in [0.2, 0.25) is 0 Å². The van der Waals surface area contributed by atoms with E-state index in [0.29, 0.717) is 30.6 Å². The highest BCUT2D eigenvalue weighted by Gasteiger charge is 2.29. The van der Waals surface area contributed by atoms with E-state index in [0.717, 1.165) is 44.8 Å². The summed E-state index contributed by atoms with van der Waals surface area (Å²) in [6, 6.07) is 16.9. The Hall–Kier alpha value is -2.28. The third-order valence-electron chi connectivity index (χ3n) is 6.79. The molecule has 4 rings (SSSR count). The summed E-state index contributed by atoms with van der Waals surface area (Å²) in [6.07, 6.45) is -0.00645. The average molecular weight is 440 g/mol. The molecule has 3 atom stereocenters. The number of alkyl halides is 1. The van der Waals surface area contributed by atoms with Gasteiger partial charge in [-0.1, -0.05) is 36.4 Å². The number of benzene rings is 2. The average Bonchev–Trinajstić information content (AvgIpc) is 3.17.